The van der Waals surface area contributed by atoms with Gasteiger partial charge in [0, 0.05) is 11.5 Å². The third kappa shape index (κ3) is 5.28. The van der Waals surface area contributed by atoms with Gasteiger partial charge in [0.25, 0.3) is 0 Å². The summed E-state index contributed by atoms with van der Waals surface area (Å²) in [4.78, 5) is 24.0. The van der Waals surface area contributed by atoms with Crippen LogP contribution in [0, 0.1) is 11.7 Å². The predicted octanol–water partition coefficient (Wildman–Crippen LogP) is 6.59. The molecule has 2 aromatic carbocycles. The Balaban J connectivity index is 1.75. The summed E-state index contributed by atoms with van der Waals surface area (Å²) in [5.74, 6) is -2.84. The summed E-state index contributed by atoms with van der Waals surface area (Å²) in [5.41, 5.74) is -2.25. The van der Waals surface area contributed by atoms with Crippen molar-refractivity contribution in [1.82, 2.24) is 0 Å². The van der Waals surface area contributed by atoms with Gasteiger partial charge >= 0.3 is 12.4 Å². The second kappa shape index (κ2) is 8.91. The number of benzene rings is 2. The molecule has 3 nitrogen and oxygen atoms in total. The monoisotopic (exact) mass is 461 g/mol. The van der Waals surface area contributed by atoms with Gasteiger partial charge in [0.2, 0.25) is 5.91 Å². The molecule has 1 aliphatic rings. The molecule has 0 bridgehead atoms. The van der Waals surface area contributed by atoms with E-state index in [0.717, 1.165) is 18.2 Å². The van der Waals surface area contributed by atoms with Crippen LogP contribution in [0.25, 0.3) is 0 Å². The molecule has 2 unspecified atom stereocenters. The number of halogens is 7. The maximum Gasteiger partial charge on any atom is 0.416 e. The van der Waals surface area contributed by atoms with Gasteiger partial charge < -0.3 is 5.32 Å². The molecule has 3 rings (SSSR count). The second-order valence-corrected chi connectivity index (χ2v) is 7.70. The first-order valence-corrected chi connectivity index (χ1v) is 9.74. The number of carbonyl (C=O) groups excluding carboxylic acids is 2. The van der Waals surface area contributed by atoms with Crippen molar-refractivity contribution >= 4 is 17.9 Å². The topological polar surface area (TPSA) is 46.2 Å². The molecule has 0 heterocycles. The van der Waals surface area contributed by atoms with E-state index >= 15 is 0 Å². The number of rotatable bonds is 4. The number of nitrogens with one attached hydrogen (secondary N) is 1. The van der Waals surface area contributed by atoms with Gasteiger partial charge in [-0.15, -0.1) is 0 Å². The molecule has 2 atom stereocenters. The minimum Gasteiger partial charge on any atom is -0.323 e. The van der Waals surface area contributed by atoms with Crippen LogP contribution in [0.1, 0.15) is 58.6 Å². The smallest absolute Gasteiger partial charge is 0.323 e. The molecule has 1 saturated carbocycles. The summed E-state index contributed by atoms with van der Waals surface area (Å²) < 4.78 is 90.8. The van der Waals surface area contributed by atoms with Crippen molar-refractivity contribution < 1.29 is 40.3 Å². The van der Waals surface area contributed by atoms with E-state index in [1.807, 2.05) is 0 Å². The molecular formula is C22H18F7NO2. The summed E-state index contributed by atoms with van der Waals surface area (Å²) in [6.07, 6.45) is -7.27. The summed E-state index contributed by atoms with van der Waals surface area (Å²) in [7, 11) is 0. The molecule has 32 heavy (non-hydrogen) atoms. The fourth-order valence-corrected chi connectivity index (χ4v) is 3.96. The van der Waals surface area contributed by atoms with Crippen molar-refractivity contribution in [3.63, 3.8) is 0 Å². The highest BCUT2D eigenvalue weighted by molar-refractivity contribution is 5.92. The summed E-state index contributed by atoms with van der Waals surface area (Å²) in [6, 6.07) is 4.65. The molecule has 0 saturated heterocycles. The molecule has 172 valence electrons. The van der Waals surface area contributed by atoms with Gasteiger partial charge in [-0.1, -0.05) is 12.5 Å². The van der Waals surface area contributed by atoms with Crippen molar-refractivity contribution in [2.45, 2.75) is 44.0 Å². The first-order chi connectivity index (χ1) is 14.9. The molecule has 0 aliphatic heterocycles. The van der Waals surface area contributed by atoms with Crippen LogP contribution in [0.3, 0.4) is 0 Å². The summed E-state index contributed by atoms with van der Waals surface area (Å²) >= 11 is 0. The number of amides is 1. The third-order valence-corrected chi connectivity index (χ3v) is 5.58. The lowest BCUT2D eigenvalue weighted by Crippen LogP contribution is -2.28. The molecule has 0 radical (unpaired) electrons. The Bertz CT molecular complexity index is 1010. The Morgan fingerprint density at radius 2 is 1.56 bits per heavy atom. The van der Waals surface area contributed by atoms with Gasteiger partial charge in [-0.2, -0.15) is 26.3 Å². The van der Waals surface area contributed by atoms with Crippen LogP contribution < -0.4 is 5.32 Å². The van der Waals surface area contributed by atoms with E-state index in [1.165, 1.54) is 6.07 Å². The van der Waals surface area contributed by atoms with Gasteiger partial charge in [0.05, 0.1) is 16.8 Å². The Labute approximate surface area is 178 Å². The zero-order valence-corrected chi connectivity index (χ0v) is 16.5. The quantitative estimate of drug-likeness (QED) is 0.413. The highest BCUT2D eigenvalue weighted by atomic mass is 19.4. The molecule has 10 heteroatoms. The van der Waals surface area contributed by atoms with Gasteiger partial charge in [-0.25, -0.2) is 4.39 Å². The average Bonchev–Trinajstić information content (AvgIpc) is 2.73. The van der Waals surface area contributed by atoms with E-state index in [-0.39, 0.29) is 24.0 Å². The largest absolute Gasteiger partial charge is 0.416 e. The van der Waals surface area contributed by atoms with Gasteiger partial charge in [0.1, 0.15) is 12.1 Å². The fraction of sp³-hybridized carbons (Fsp3) is 0.364. The highest BCUT2D eigenvalue weighted by Crippen LogP contribution is 2.40. The number of hydrogen-bond donors (Lipinski definition) is 1. The predicted molar refractivity (Wildman–Crippen MR) is 102 cm³/mol. The zero-order chi connectivity index (χ0) is 23.7. The average molecular weight is 461 g/mol. The van der Waals surface area contributed by atoms with Crippen LogP contribution in [-0.2, 0) is 17.1 Å². The van der Waals surface area contributed by atoms with Crippen LogP contribution in [0.15, 0.2) is 36.4 Å². The lowest BCUT2D eigenvalue weighted by Gasteiger charge is -2.29. The third-order valence-electron chi connectivity index (χ3n) is 5.58. The van der Waals surface area contributed by atoms with Crippen molar-refractivity contribution in [2.75, 3.05) is 5.32 Å². The number of hydrogen-bond acceptors (Lipinski definition) is 2. The van der Waals surface area contributed by atoms with E-state index in [0.29, 0.717) is 37.2 Å². The Kier molecular flexibility index (Phi) is 6.61. The van der Waals surface area contributed by atoms with Crippen molar-refractivity contribution in [3.05, 3.63) is 64.5 Å². The molecule has 2 aromatic rings. The SMILES string of the molecule is O=Cc1cc(C(F)(F)F)ccc1C1CCCC(C(=O)Nc2ccc(C(F)(F)F)cc2F)C1. The lowest BCUT2D eigenvalue weighted by atomic mass is 9.76. The Morgan fingerprint density at radius 1 is 0.938 bits per heavy atom. The van der Waals surface area contributed by atoms with Crippen LogP contribution in [0.2, 0.25) is 0 Å². The molecule has 1 N–H and O–H groups in total. The molecule has 0 spiro atoms. The number of anilines is 1. The van der Waals surface area contributed by atoms with Crippen LogP contribution >= 0.6 is 0 Å². The normalized spacial score (nSPS) is 19.5. The standard InChI is InChI=1S/C22H18F7NO2/c23-18-10-16(22(27,28)29)5-7-19(18)30-20(32)13-3-1-2-12(8-13)17-6-4-15(21(24,25)26)9-14(17)11-31/h4-7,9-13H,1-3,8H2,(H,30,32). The maximum absolute atomic E-state index is 14.0. The summed E-state index contributed by atoms with van der Waals surface area (Å²) in [6.45, 7) is 0. The van der Waals surface area contributed by atoms with Crippen molar-refractivity contribution in [2.24, 2.45) is 5.92 Å². The van der Waals surface area contributed by atoms with E-state index in [9.17, 15) is 40.3 Å². The Morgan fingerprint density at radius 3 is 2.16 bits per heavy atom. The minimum absolute atomic E-state index is 0.111. The fourth-order valence-electron chi connectivity index (χ4n) is 3.96. The number of alkyl halides is 6. The number of carbonyl (C=O) groups is 2. The van der Waals surface area contributed by atoms with Gasteiger partial charge in [-0.05, 0) is 61.1 Å². The van der Waals surface area contributed by atoms with Crippen LogP contribution in [-0.4, -0.2) is 12.2 Å². The van der Waals surface area contributed by atoms with Crippen molar-refractivity contribution in [3.8, 4) is 0 Å². The first-order valence-electron chi connectivity index (χ1n) is 9.74. The zero-order valence-electron chi connectivity index (χ0n) is 16.5. The number of aldehydes is 1. The van der Waals surface area contributed by atoms with Crippen LogP contribution in [0.4, 0.5) is 36.4 Å². The first kappa shape index (κ1) is 23.7. The second-order valence-electron chi connectivity index (χ2n) is 7.70. The molecule has 0 aromatic heterocycles. The van der Waals surface area contributed by atoms with Crippen LogP contribution in [0.5, 0.6) is 0 Å². The van der Waals surface area contributed by atoms with Gasteiger partial charge in [-0.3, -0.25) is 9.59 Å². The van der Waals surface area contributed by atoms with E-state index in [2.05, 4.69) is 5.32 Å². The minimum atomic E-state index is -4.72. The molecule has 1 amide bonds. The maximum atomic E-state index is 14.0. The molecule has 1 aliphatic carbocycles. The summed E-state index contributed by atoms with van der Waals surface area (Å²) in [5, 5.41) is 2.29. The molecular weight excluding hydrogens is 443 g/mol. The van der Waals surface area contributed by atoms with E-state index in [4.69, 9.17) is 0 Å². The van der Waals surface area contributed by atoms with Gasteiger partial charge in [0.15, 0.2) is 0 Å². The van der Waals surface area contributed by atoms with E-state index < -0.39 is 46.8 Å². The van der Waals surface area contributed by atoms with Crippen molar-refractivity contribution in [1.29, 1.82) is 0 Å². The highest BCUT2D eigenvalue weighted by Gasteiger charge is 2.34. The molecule has 1 fully saturated rings. The van der Waals surface area contributed by atoms with E-state index in [1.54, 1.807) is 0 Å². The Hall–Kier alpha value is -2.91. The lowest BCUT2D eigenvalue weighted by molar-refractivity contribution is -0.138.